The van der Waals surface area contributed by atoms with Crippen molar-refractivity contribution in [2.75, 3.05) is 30.5 Å². The highest BCUT2D eigenvalue weighted by Crippen LogP contribution is 2.27. The number of amides is 3. The molecule has 3 amide bonds. The summed E-state index contributed by atoms with van der Waals surface area (Å²) in [4.78, 5) is 39.1. The van der Waals surface area contributed by atoms with Crippen LogP contribution in [0.15, 0.2) is 72.8 Å². The molecule has 1 heterocycles. The van der Waals surface area contributed by atoms with Gasteiger partial charge in [0.25, 0.3) is 5.91 Å². The van der Waals surface area contributed by atoms with Gasteiger partial charge in [-0.25, -0.2) is 0 Å². The standard InChI is InChI=1S/C28H29N3O5/c1-19-6-5-8-22(14-19)30-26(32)18-36-24-12-10-23(11-13-24)31-17-21(15-27(31)33)28(34)29-16-20-7-3-4-9-25(20)35-2/h3-14,21H,15-18H2,1-2H3,(H,29,34)(H,30,32)/t21-/m1/s1. The Labute approximate surface area is 210 Å². The lowest BCUT2D eigenvalue weighted by Crippen LogP contribution is -2.32. The molecule has 0 unspecified atom stereocenters. The maximum atomic E-state index is 12.7. The summed E-state index contributed by atoms with van der Waals surface area (Å²) in [5.41, 5.74) is 3.32. The highest BCUT2D eigenvalue weighted by Gasteiger charge is 2.35. The van der Waals surface area contributed by atoms with E-state index in [-0.39, 0.29) is 30.7 Å². The summed E-state index contributed by atoms with van der Waals surface area (Å²) in [6.07, 6.45) is 0.148. The molecule has 1 atom stereocenters. The van der Waals surface area contributed by atoms with Crippen molar-refractivity contribution >= 4 is 29.1 Å². The normalized spacial score (nSPS) is 14.9. The van der Waals surface area contributed by atoms with Crippen LogP contribution in [0, 0.1) is 12.8 Å². The van der Waals surface area contributed by atoms with E-state index in [4.69, 9.17) is 9.47 Å². The number of nitrogens with one attached hydrogen (secondary N) is 2. The predicted molar refractivity (Wildman–Crippen MR) is 137 cm³/mol. The Kier molecular flexibility index (Phi) is 7.85. The van der Waals surface area contributed by atoms with Gasteiger partial charge in [-0.3, -0.25) is 14.4 Å². The number of benzene rings is 3. The molecule has 0 saturated carbocycles. The molecule has 8 heteroatoms. The Morgan fingerprint density at radius 1 is 1.03 bits per heavy atom. The van der Waals surface area contributed by atoms with Crippen LogP contribution in [0.2, 0.25) is 0 Å². The van der Waals surface area contributed by atoms with E-state index in [1.807, 2.05) is 55.5 Å². The van der Waals surface area contributed by atoms with Gasteiger partial charge in [0.15, 0.2) is 6.61 Å². The molecule has 2 N–H and O–H groups in total. The molecule has 1 aliphatic rings. The fourth-order valence-electron chi connectivity index (χ4n) is 4.10. The van der Waals surface area contributed by atoms with Crippen LogP contribution >= 0.6 is 0 Å². The summed E-state index contributed by atoms with van der Waals surface area (Å²) in [7, 11) is 1.59. The third kappa shape index (κ3) is 6.21. The molecule has 1 saturated heterocycles. The first kappa shape index (κ1) is 24.8. The molecular formula is C28H29N3O5. The minimum atomic E-state index is -0.437. The van der Waals surface area contributed by atoms with E-state index in [0.717, 1.165) is 11.1 Å². The van der Waals surface area contributed by atoms with E-state index in [1.54, 1.807) is 36.3 Å². The van der Waals surface area contributed by atoms with Crippen molar-refractivity contribution < 1.29 is 23.9 Å². The fraction of sp³-hybridized carbons (Fsp3) is 0.250. The Morgan fingerprint density at radius 2 is 1.81 bits per heavy atom. The molecule has 1 aliphatic heterocycles. The summed E-state index contributed by atoms with van der Waals surface area (Å²) in [5.74, 6) is 0.234. The van der Waals surface area contributed by atoms with Crippen LogP contribution in [0.25, 0.3) is 0 Å². The van der Waals surface area contributed by atoms with Gasteiger partial charge in [0.1, 0.15) is 11.5 Å². The average Bonchev–Trinajstić information content (AvgIpc) is 3.28. The van der Waals surface area contributed by atoms with Crippen molar-refractivity contribution in [2.45, 2.75) is 19.9 Å². The molecule has 0 aromatic heterocycles. The van der Waals surface area contributed by atoms with Gasteiger partial charge in [-0.05, 0) is 55.0 Å². The van der Waals surface area contributed by atoms with Crippen LogP contribution in [-0.2, 0) is 20.9 Å². The van der Waals surface area contributed by atoms with Crippen LogP contribution in [0.4, 0.5) is 11.4 Å². The zero-order valence-electron chi connectivity index (χ0n) is 20.3. The first-order valence-electron chi connectivity index (χ1n) is 11.7. The average molecular weight is 488 g/mol. The minimum absolute atomic E-state index is 0.112. The topological polar surface area (TPSA) is 97.0 Å². The van der Waals surface area contributed by atoms with E-state index in [2.05, 4.69) is 10.6 Å². The molecule has 186 valence electrons. The molecule has 0 aliphatic carbocycles. The van der Waals surface area contributed by atoms with Gasteiger partial charge in [-0.1, -0.05) is 30.3 Å². The number of aryl methyl sites for hydroxylation is 1. The Balaban J connectivity index is 1.28. The van der Waals surface area contributed by atoms with Gasteiger partial charge in [-0.15, -0.1) is 0 Å². The smallest absolute Gasteiger partial charge is 0.262 e. The molecule has 0 radical (unpaired) electrons. The van der Waals surface area contributed by atoms with Gasteiger partial charge >= 0.3 is 0 Å². The van der Waals surface area contributed by atoms with Crippen molar-refractivity contribution in [3.8, 4) is 11.5 Å². The molecule has 1 fully saturated rings. The molecule has 8 nitrogen and oxygen atoms in total. The van der Waals surface area contributed by atoms with Crippen molar-refractivity contribution in [3.05, 3.63) is 83.9 Å². The first-order valence-corrected chi connectivity index (χ1v) is 11.7. The van der Waals surface area contributed by atoms with Crippen LogP contribution in [0.3, 0.4) is 0 Å². The van der Waals surface area contributed by atoms with E-state index in [9.17, 15) is 14.4 Å². The number of hydrogen-bond donors (Lipinski definition) is 2. The Morgan fingerprint density at radius 3 is 2.56 bits per heavy atom. The quantitative estimate of drug-likeness (QED) is 0.480. The summed E-state index contributed by atoms with van der Waals surface area (Å²) in [5, 5.41) is 5.71. The second-order valence-corrected chi connectivity index (χ2v) is 8.64. The van der Waals surface area contributed by atoms with E-state index in [0.29, 0.717) is 36.0 Å². The zero-order chi connectivity index (χ0) is 25.5. The van der Waals surface area contributed by atoms with Crippen molar-refractivity contribution in [1.29, 1.82) is 0 Å². The summed E-state index contributed by atoms with van der Waals surface area (Å²) < 4.78 is 10.9. The van der Waals surface area contributed by atoms with Crippen molar-refractivity contribution in [2.24, 2.45) is 5.92 Å². The maximum absolute atomic E-state index is 12.7. The number of methoxy groups -OCH3 is 1. The summed E-state index contributed by atoms with van der Waals surface area (Å²) >= 11 is 0. The lowest BCUT2D eigenvalue weighted by atomic mass is 10.1. The van der Waals surface area contributed by atoms with Gasteiger partial charge in [-0.2, -0.15) is 0 Å². The SMILES string of the molecule is COc1ccccc1CNC(=O)[C@@H]1CC(=O)N(c2ccc(OCC(=O)Nc3cccc(C)c3)cc2)C1. The van der Waals surface area contributed by atoms with Crippen molar-refractivity contribution in [1.82, 2.24) is 5.32 Å². The zero-order valence-corrected chi connectivity index (χ0v) is 20.3. The number of rotatable bonds is 9. The van der Waals surface area contributed by atoms with Crippen molar-refractivity contribution in [3.63, 3.8) is 0 Å². The number of ether oxygens (including phenoxy) is 2. The van der Waals surface area contributed by atoms with Crippen LogP contribution in [-0.4, -0.2) is 38.0 Å². The summed E-state index contributed by atoms with van der Waals surface area (Å²) in [6.45, 7) is 2.45. The van der Waals surface area contributed by atoms with E-state index >= 15 is 0 Å². The number of para-hydroxylation sites is 1. The third-order valence-corrected chi connectivity index (χ3v) is 5.96. The first-order chi connectivity index (χ1) is 17.4. The Hall–Kier alpha value is -4.33. The van der Waals surface area contributed by atoms with E-state index < -0.39 is 5.92 Å². The lowest BCUT2D eigenvalue weighted by molar-refractivity contribution is -0.126. The second kappa shape index (κ2) is 11.4. The largest absolute Gasteiger partial charge is 0.496 e. The molecule has 36 heavy (non-hydrogen) atoms. The van der Waals surface area contributed by atoms with Gasteiger partial charge in [0.05, 0.1) is 13.0 Å². The monoisotopic (exact) mass is 487 g/mol. The minimum Gasteiger partial charge on any atom is -0.496 e. The molecule has 3 aromatic rings. The molecule has 0 bridgehead atoms. The summed E-state index contributed by atoms with van der Waals surface area (Å²) in [6, 6.07) is 21.9. The maximum Gasteiger partial charge on any atom is 0.262 e. The fourth-order valence-corrected chi connectivity index (χ4v) is 4.10. The lowest BCUT2D eigenvalue weighted by Gasteiger charge is -2.17. The third-order valence-electron chi connectivity index (χ3n) is 5.96. The second-order valence-electron chi connectivity index (χ2n) is 8.64. The Bertz CT molecular complexity index is 1240. The van der Waals surface area contributed by atoms with Crippen LogP contribution < -0.4 is 25.0 Å². The molecular weight excluding hydrogens is 458 g/mol. The number of anilines is 2. The van der Waals surface area contributed by atoms with Crippen LogP contribution in [0.1, 0.15) is 17.5 Å². The molecule has 4 rings (SSSR count). The van der Waals surface area contributed by atoms with Gasteiger partial charge in [0.2, 0.25) is 11.8 Å². The van der Waals surface area contributed by atoms with Gasteiger partial charge in [0, 0.05) is 36.4 Å². The number of carbonyl (C=O) groups excluding carboxylic acids is 3. The number of hydrogen-bond acceptors (Lipinski definition) is 5. The number of carbonyl (C=O) groups is 3. The molecule has 3 aromatic carbocycles. The highest BCUT2D eigenvalue weighted by atomic mass is 16.5. The highest BCUT2D eigenvalue weighted by molar-refractivity contribution is 6.00. The number of nitrogens with zero attached hydrogens (tertiary/aromatic N) is 1. The predicted octanol–water partition coefficient (Wildman–Crippen LogP) is 3.69. The van der Waals surface area contributed by atoms with E-state index in [1.165, 1.54) is 0 Å². The van der Waals surface area contributed by atoms with Gasteiger partial charge < -0.3 is 25.0 Å². The van der Waals surface area contributed by atoms with Crippen LogP contribution in [0.5, 0.6) is 11.5 Å². The molecule has 0 spiro atoms.